The Bertz CT molecular complexity index is 1110. The van der Waals surface area contributed by atoms with Crippen LogP contribution in [0.1, 0.15) is 50.2 Å². The molecule has 186 valence electrons. The summed E-state index contributed by atoms with van der Waals surface area (Å²) in [5, 5.41) is 5.95. The number of nitrogens with zero attached hydrogens (tertiary/aromatic N) is 2. The second kappa shape index (κ2) is 11.2. The molecule has 2 aromatic rings. The minimum atomic E-state index is -0.185. The lowest BCUT2D eigenvalue weighted by atomic mass is 9.96. The van der Waals surface area contributed by atoms with Gasteiger partial charge in [0.2, 0.25) is 17.7 Å². The SMILES string of the molecule is CC(=O)Nc1ccc(NC(=O)CN2CC[C@@H]3[C@@H]2CCCCC(=O)N3Cc2cccc(C)c2)c(Cl)c1. The van der Waals surface area contributed by atoms with Crippen molar-refractivity contribution in [1.82, 2.24) is 9.80 Å². The molecule has 0 aliphatic carbocycles. The number of halogens is 1. The van der Waals surface area contributed by atoms with Crippen LogP contribution >= 0.6 is 11.6 Å². The zero-order valence-corrected chi connectivity index (χ0v) is 21.1. The van der Waals surface area contributed by atoms with E-state index in [1.165, 1.54) is 12.5 Å². The molecule has 2 N–H and O–H groups in total. The summed E-state index contributed by atoms with van der Waals surface area (Å²) in [6, 6.07) is 13.6. The summed E-state index contributed by atoms with van der Waals surface area (Å²) in [4.78, 5) is 41.5. The minimum absolute atomic E-state index is 0.108. The number of benzene rings is 2. The third-order valence-corrected chi connectivity index (χ3v) is 7.14. The number of carbonyl (C=O) groups excluding carboxylic acids is 3. The Balaban J connectivity index is 1.43. The molecule has 0 aromatic heterocycles. The molecule has 2 atom stereocenters. The molecule has 2 aromatic carbocycles. The van der Waals surface area contributed by atoms with Crippen molar-refractivity contribution >= 4 is 40.7 Å². The van der Waals surface area contributed by atoms with Gasteiger partial charge in [0.15, 0.2) is 0 Å². The van der Waals surface area contributed by atoms with Gasteiger partial charge in [-0.3, -0.25) is 19.3 Å². The number of aryl methyl sites for hydroxylation is 1. The predicted molar refractivity (Wildman–Crippen MR) is 138 cm³/mol. The lowest BCUT2D eigenvalue weighted by molar-refractivity contribution is -0.135. The van der Waals surface area contributed by atoms with E-state index in [9.17, 15) is 14.4 Å². The van der Waals surface area contributed by atoms with Crippen LogP contribution in [0.25, 0.3) is 0 Å². The molecule has 2 aliphatic heterocycles. The molecule has 3 amide bonds. The van der Waals surface area contributed by atoms with E-state index < -0.39 is 0 Å². The van der Waals surface area contributed by atoms with E-state index in [4.69, 9.17) is 11.6 Å². The van der Waals surface area contributed by atoms with Crippen molar-refractivity contribution in [3.63, 3.8) is 0 Å². The number of nitrogens with one attached hydrogen (secondary N) is 2. The standard InChI is InChI=1S/C27H33ClN4O3/c1-18-6-5-7-20(14-18)16-32-25-12-13-31(24(25)8-3-4-9-27(32)35)17-26(34)30-23-11-10-21(15-22(23)28)29-19(2)33/h5-7,10-11,14-15,24-25H,3-4,8-9,12-13,16-17H2,1-2H3,(H,29,33)(H,30,34)/t24-,25+/m0/s1. The highest BCUT2D eigenvalue weighted by molar-refractivity contribution is 6.34. The van der Waals surface area contributed by atoms with E-state index in [1.807, 2.05) is 11.0 Å². The monoisotopic (exact) mass is 496 g/mol. The van der Waals surface area contributed by atoms with Crippen LogP contribution in [0.5, 0.6) is 0 Å². The van der Waals surface area contributed by atoms with E-state index in [-0.39, 0.29) is 36.3 Å². The number of fused-ring (bicyclic) bond motifs is 1. The van der Waals surface area contributed by atoms with Crippen LogP contribution in [0.2, 0.25) is 5.02 Å². The molecule has 7 nitrogen and oxygen atoms in total. The Kier molecular flexibility index (Phi) is 8.08. The van der Waals surface area contributed by atoms with Crippen LogP contribution in [0, 0.1) is 6.92 Å². The Hall–Kier alpha value is -2.90. The highest BCUT2D eigenvalue weighted by Gasteiger charge is 2.40. The first-order valence-electron chi connectivity index (χ1n) is 12.3. The summed E-state index contributed by atoms with van der Waals surface area (Å²) in [5.74, 6) is -0.118. The molecule has 0 unspecified atom stereocenters. The fourth-order valence-corrected chi connectivity index (χ4v) is 5.50. The molecular formula is C27H33ClN4O3. The molecule has 2 saturated heterocycles. The van der Waals surface area contributed by atoms with Crippen molar-refractivity contribution in [3.05, 3.63) is 58.6 Å². The fraction of sp³-hybridized carbons (Fsp3) is 0.444. The van der Waals surface area contributed by atoms with Gasteiger partial charge in [0.25, 0.3) is 0 Å². The average molecular weight is 497 g/mol. The van der Waals surface area contributed by atoms with Gasteiger partial charge >= 0.3 is 0 Å². The Labute approximate surface area is 211 Å². The van der Waals surface area contributed by atoms with E-state index in [2.05, 4.69) is 40.7 Å². The van der Waals surface area contributed by atoms with Crippen LogP contribution in [0.15, 0.2) is 42.5 Å². The average Bonchev–Trinajstić information content (AvgIpc) is 3.16. The van der Waals surface area contributed by atoms with Gasteiger partial charge in [-0.25, -0.2) is 0 Å². The predicted octanol–water partition coefficient (Wildman–Crippen LogP) is 4.59. The lowest BCUT2D eigenvalue weighted by Crippen LogP contribution is -2.49. The van der Waals surface area contributed by atoms with E-state index in [0.717, 1.165) is 37.8 Å². The van der Waals surface area contributed by atoms with Crippen molar-refractivity contribution in [2.75, 3.05) is 23.7 Å². The van der Waals surface area contributed by atoms with E-state index in [0.29, 0.717) is 29.4 Å². The second-order valence-corrected chi connectivity index (χ2v) is 9.98. The maximum Gasteiger partial charge on any atom is 0.238 e. The Morgan fingerprint density at radius 1 is 1.06 bits per heavy atom. The van der Waals surface area contributed by atoms with Crippen LogP contribution in [-0.4, -0.2) is 52.7 Å². The van der Waals surface area contributed by atoms with Crippen molar-refractivity contribution in [2.24, 2.45) is 0 Å². The first-order valence-corrected chi connectivity index (χ1v) is 12.6. The van der Waals surface area contributed by atoms with Gasteiger partial charge in [0.1, 0.15) is 0 Å². The normalized spacial score (nSPS) is 20.7. The van der Waals surface area contributed by atoms with Crippen LogP contribution in [0.3, 0.4) is 0 Å². The highest BCUT2D eigenvalue weighted by Crippen LogP contribution is 2.32. The third kappa shape index (κ3) is 6.41. The zero-order chi connectivity index (χ0) is 24.9. The Morgan fingerprint density at radius 3 is 2.63 bits per heavy atom. The first-order chi connectivity index (χ1) is 16.8. The fourth-order valence-electron chi connectivity index (χ4n) is 5.28. The van der Waals surface area contributed by atoms with Gasteiger partial charge in [-0.2, -0.15) is 0 Å². The highest BCUT2D eigenvalue weighted by atomic mass is 35.5. The van der Waals surface area contributed by atoms with Crippen molar-refractivity contribution in [1.29, 1.82) is 0 Å². The summed E-state index contributed by atoms with van der Waals surface area (Å²) in [5.41, 5.74) is 3.42. The molecule has 35 heavy (non-hydrogen) atoms. The number of rotatable bonds is 6. The maximum atomic E-state index is 13.1. The lowest BCUT2D eigenvalue weighted by Gasteiger charge is -2.37. The molecule has 0 radical (unpaired) electrons. The van der Waals surface area contributed by atoms with Crippen LogP contribution in [0.4, 0.5) is 11.4 Å². The molecule has 0 saturated carbocycles. The molecule has 2 aliphatic rings. The van der Waals surface area contributed by atoms with E-state index in [1.54, 1.807) is 18.2 Å². The number of hydrogen-bond acceptors (Lipinski definition) is 4. The van der Waals surface area contributed by atoms with E-state index >= 15 is 0 Å². The largest absolute Gasteiger partial charge is 0.334 e. The summed E-state index contributed by atoms with van der Waals surface area (Å²) in [7, 11) is 0. The number of likely N-dealkylation sites (tertiary alicyclic amines) is 2. The molecule has 4 rings (SSSR count). The van der Waals surface area contributed by atoms with Gasteiger partial charge in [0, 0.05) is 44.2 Å². The van der Waals surface area contributed by atoms with Gasteiger partial charge in [-0.05, 0) is 49.9 Å². The van der Waals surface area contributed by atoms with Crippen molar-refractivity contribution in [3.8, 4) is 0 Å². The summed E-state index contributed by atoms with van der Waals surface area (Å²) in [6.45, 7) is 5.13. The van der Waals surface area contributed by atoms with Gasteiger partial charge in [-0.15, -0.1) is 0 Å². The first kappa shape index (κ1) is 25.2. The quantitative estimate of drug-likeness (QED) is 0.612. The van der Waals surface area contributed by atoms with Crippen molar-refractivity contribution < 1.29 is 14.4 Å². The molecule has 8 heteroatoms. The number of amides is 3. The molecular weight excluding hydrogens is 464 g/mol. The van der Waals surface area contributed by atoms with Gasteiger partial charge in [0.05, 0.1) is 17.3 Å². The molecule has 0 bridgehead atoms. The smallest absolute Gasteiger partial charge is 0.238 e. The molecule has 2 fully saturated rings. The third-order valence-electron chi connectivity index (χ3n) is 6.83. The number of anilines is 2. The van der Waals surface area contributed by atoms with Gasteiger partial charge < -0.3 is 15.5 Å². The maximum absolute atomic E-state index is 13.1. The van der Waals surface area contributed by atoms with Crippen LogP contribution in [-0.2, 0) is 20.9 Å². The number of carbonyl (C=O) groups is 3. The summed E-state index contributed by atoms with van der Waals surface area (Å²) < 4.78 is 0. The topological polar surface area (TPSA) is 81.8 Å². The molecule has 0 spiro atoms. The summed E-state index contributed by atoms with van der Waals surface area (Å²) in [6.07, 6.45) is 4.29. The Morgan fingerprint density at radius 2 is 1.89 bits per heavy atom. The number of hydrogen-bond donors (Lipinski definition) is 2. The zero-order valence-electron chi connectivity index (χ0n) is 20.4. The summed E-state index contributed by atoms with van der Waals surface area (Å²) >= 11 is 6.32. The van der Waals surface area contributed by atoms with Crippen LogP contribution < -0.4 is 10.6 Å². The molecule has 2 heterocycles. The second-order valence-electron chi connectivity index (χ2n) is 9.57. The van der Waals surface area contributed by atoms with Gasteiger partial charge in [-0.1, -0.05) is 47.9 Å². The van der Waals surface area contributed by atoms with Crippen molar-refractivity contribution in [2.45, 2.75) is 64.6 Å². The minimum Gasteiger partial charge on any atom is -0.334 e.